The van der Waals surface area contributed by atoms with Crippen molar-refractivity contribution in [3.05, 3.63) is 0 Å². The fraction of sp³-hybridized carbons (Fsp3) is 1.00. The van der Waals surface area contributed by atoms with E-state index < -0.39 is 0 Å². The Labute approximate surface area is 108 Å². The minimum atomic E-state index is 0.832. The molecule has 0 aromatic carbocycles. The third-order valence-electron chi connectivity index (χ3n) is 3.75. The molecule has 0 radical (unpaired) electrons. The van der Waals surface area contributed by atoms with Gasteiger partial charge >= 0.3 is 0 Å². The molecule has 0 saturated heterocycles. The quantitative estimate of drug-likeness (QED) is 0.507. The molecule has 0 aromatic rings. The van der Waals surface area contributed by atoms with E-state index in [1.165, 1.54) is 31.4 Å². The van der Waals surface area contributed by atoms with Crippen molar-refractivity contribution < 1.29 is 0 Å². The lowest BCUT2D eigenvalue weighted by molar-refractivity contribution is 0.327. The predicted octanol–water partition coefficient (Wildman–Crippen LogP) is 5.62. The minimum absolute atomic E-state index is 0.832. The first-order valence-corrected chi connectivity index (χ1v) is 8.19. The first-order valence-electron chi connectivity index (χ1n) is 7.14. The second-order valence-electron chi connectivity index (χ2n) is 5.56. The largest absolute Gasteiger partial charge is 0.159 e. The molecule has 3 unspecified atom stereocenters. The molecule has 98 valence electrons. The van der Waals surface area contributed by atoms with Crippen LogP contribution in [0.5, 0.6) is 0 Å². The molecule has 0 saturated carbocycles. The number of rotatable bonds is 9. The molecule has 0 bridgehead atoms. The Kier molecular flexibility index (Phi) is 9.59. The van der Waals surface area contributed by atoms with E-state index in [2.05, 4.69) is 53.3 Å². The SMILES string of the molecule is CCCC(C)C(C)CCC(SCC)C(C)C. The molecule has 0 nitrogen and oxygen atoms in total. The van der Waals surface area contributed by atoms with Crippen molar-refractivity contribution in [3.63, 3.8) is 0 Å². The first kappa shape index (κ1) is 16.4. The van der Waals surface area contributed by atoms with E-state index in [4.69, 9.17) is 0 Å². The molecule has 16 heavy (non-hydrogen) atoms. The van der Waals surface area contributed by atoms with Gasteiger partial charge in [-0.15, -0.1) is 0 Å². The van der Waals surface area contributed by atoms with E-state index in [1.54, 1.807) is 0 Å². The summed E-state index contributed by atoms with van der Waals surface area (Å²) in [4.78, 5) is 0. The lowest BCUT2D eigenvalue weighted by atomic mass is 9.87. The normalized spacial score (nSPS) is 17.4. The Hall–Kier alpha value is 0.350. The maximum Gasteiger partial charge on any atom is 0.00700 e. The molecule has 0 aliphatic rings. The van der Waals surface area contributed by atoms with Crippen LogP contribution in [-0.4, -0.2) is 11.0 Å². The second-order valence-corrected chi connectivity index (χ2v) is 7.07. The molecule has 1 heteroatoms. The van der Waals surface area contributed by atoms with Crippen LogP contribution in [0.25, 0.3) is 0 Å². The molecule has 0 rings (SSSR count). The lowest BCUT2D eigenvalue weighted by Crippen LogP contribution is -2.15. The maximum absolute atomic E-state index is 2.44. The Bertz CT molecular complexity index is 154. The highest BCUT2D eigenvalue weighted by Gasteiger charge is 2.17. The van der Waals surface area contributed by atoms with Crippen molar-refractivity contribution in [1.29, 1.82) is 0 Å². The summed E-state index contributed by atoms with van der Waals surface area (Å²) < 4.78 is 0. The highest BCUT2D eigenvalue weighted by atomic mass is 32.2. The zero-order valence-electron chi connectivity index (χ0n) is 12.3. The summed E-state index contributed by atoms with van der Waals surface area (Å²) in [6, 6.07) is 0. The van der Waals surface area contributed by atoms with Gasteiger partial charge in [0.1, 0.15) is 0 Å². The van der Waals surface area contributed by atoms with E-state index >= 15 is 0 Å². The number of hydrogen-bond acceptors (Lipinski definition) is 1. The van der Waals surface area contributed by atoms with Gasteiger partial charge in [-0.1, -0.05) is 54.4 Å². The van der Waals surface area contributed by atoms with Crippen molar-refractivity contribution in [2.75, 3.05) is 5.75 Å². The molecule has 0 amide bonds. The Balaban J connectivity index is 3.90. The summed E-state index contributed by atoms with van der Waals surface area (Å²) >= 11 is 2.15. The second kappa shape index (κ2) is 9.39. The Morgan fingerprint density at radius 3 is 1.81 bits per heavy atom. The van der Waals surface area contributed by atoms with Crippen molar-refractivity contribution in [1.82, 2.24) is 0 Å². The topological polar surface area (TPSA) is 0 Å². The lowest BCUT2D eigenvalue weighted by Gasteiger charge is -2.24. The summed E-state index contributed by atoms with van der Waals surface area (Å²) in [5.41, 5.74) is 0. The van der Waals surface area contributed by atoms with Crippen LogP contribution >= 0.6 is 11.8 Å². The molecule has 0 fully saturated rings. The van der Waals surface area contributed by atoms with E-state index in [0.29, 0.717) is 0 Å². The smallest absolute Gasteiger partial charge is 0.00700 e. The molecule has 0 aliphatic carbocycles. The highest BCUT2D eigenvalue weighted by molar-refractivity contribution is 7.99. The van der Waals surface area contributed by atoms with E-state index in [-0.39, 0.29) is 0 Å². The van der Waals surface area contributed by atoms with E-state index in [0.717, 1.165) is 23.0 Å². The maximum atomic E-state index is 2.44. The predicted molar refractivity (Wildman–Crippen MR) is 79.2 cm³/mol. The summed E-state index contributed by atoms with van der Waals surface area (Å²) in [6.07, 6.45) is 5.56. The average molecular weight is 244 g/mol. The Morgan fingerprint density at radius 2 is 1.38 bits per heavy atom. The van der Waals surface area contributed by atoms with Crippen LogP contribution in [0.1, 0.15) is 67.2 Å². The zero-order valence-corrected chi connectivity index (χ0v) is 13.1. The molecule has 0 aliphatic heterocycles. The summed E-state index contributed by atoms with van der Waals surface area (Å²) in [5.74, 6) is 3.91. The van der Waals surface area contributed by atoms with E-state index in [1.807, 2.05) is 0 Å². The summed E-state index contributed by atoms with van der Waals surface area (Å²) in [7, 11) is 0. The Morgan fingerprint density at radius 1 is 0.812 bits per heavy atom. The van der Waals surface area contributed by atoms with Crippen molar-refractivity contribution in [2.45, 2.75) is 72.5 Å². The molecule has 0 N–H and O–H groups in total. The molecular weight excluding hydrogens is 212 g/mol. The summed E-state index contributed by atoms with van der Waals surface area (Å²) in [5, 5.41) is 0.876. The third kappa shape index (κ3) is 6.83. The van der Waals surface area contributed by atoms with Crippen molar-refractivity contribution in [2.24, 2.45) is 17.8 Å². The van der Waals surface area contributed by atoms with Gasteiger partial charge < -0.3 is 0 Å². The third-order valence-corrected chi connectivity index (χ3v) is 5.29. The van der Waals surface area contributed by atoms with Gasteiger partial charge in [-0.05, 0) is 36.3 Å². The van der Waals surface area contributed by atoms with Gasteiger partial charge in [-0.2, -0.15) is 11.8 Å². The van der Waals surface area contributed by atoms with Crippen molar-refractivity contribution in [3.8, 4) is 0 Å². The van der Waals surface area contributed by atoms with Gasteiger partial charge in [0.05, 0.1) is 0 Å². The number of thioether (sulfide) groups is 1. The van der Waals surface area contributed by atoms with Gasteiger partial charge in [-0.25, -0.2) is 0 Å². The van der Waals surface area contributed by atoms with Crippen LogP contribution in [0.15, 0.2) is 0 Å². The molecule has 0 spiro atoms. The van der Waals surface area contributed by atoms with Gasteiger partial charge in [0.15, 0.2) is 0 Å². The highest BCUT2D eigenvalue weighted by Crippen LogP contribution is 2.28. The molecule has 3 atom stereocenters. The van der Waals surface area contributed by atoms with E-state index in [9.17, 15) is 0 Å². The fourth-order valence-electron chi connectivity index (χ4n) is 2.27. The summed E-state index contributed by atoms with van der Waals surface area (Å²) in [6.45, 7) is 14.2. The van der Waals surface area contributed by atoms with Crippen LogP contribution in [-0.2, 0) is 0 Å². The minimum Gasteiger partial charge on any atom is -0.159 e. The van der Waals surface area contributed by atoms with Crippen LogP contribution in [0.2, 0.25) is 0 Å². The standard InChI is InChI=1S/C15H32S/c1-7-9-13(5)14(6)10-11-15(12(3)4)16-8-2/h12-15H,7-11H2,1-6H3. The fourth-order valence-corrected chi connectivity index (χ4v) is 3.39. The first-order chi connectivity index (χ1) is 7.52. The van der Waals surface area contributed by atoms with Crippen LogP contribution in [0, 0.1) is 17.8 Å². The zero-order chi connectivity index (χ0) is 12.6. The monoisotopic (exact) mass is 244 g/mol. The van der Waals surface area contributed by atoms with Gasteiger partial charge in [-0.3, -0.25) is 0 Å². The van der Waals surface area contributed by atoms with Crippen molar-refractivity contribution >= 4 is 11.8 Å². The molecule has 0 heterocycles. The number of hydrogen-bond donors (Lipinski definition) is 0. The molecule has 0 aromatic heterocycles. The average Bonchev–Trinajstić information content (AvgIpc) is 2.23. The van der Waals surface area contributed by atoms with Gasteiger partial charge in [0, 0.05) is 5.25 Å². The van der Waals surface area contributed by atoms with Gasteiger partial charge in [0.25, 0.3) is 0 Å². The van der Waals surface area contributed by atoms with Crippen LogP contribution < -0.4 is 0 Å². The van der Waals surface area contributed by atoms with Crippen LogP contribution in [0.4, 0.5) is 0 Å². The molecular formula is C15H32S. The van der Waals surface area contributed by atoms with Gasteiger partial charge in [0.2, 0.25) is 0 Å². The van der Waals surface area contributed by atoms with Crippen LogP contribution in [0.3, 0.4) is 0 Å².